The van der Waals surface area contributed by atoms with Crippen molar-refractivity contribution in [2.24, 2.45) is 7.05 Å². The Bertz CT molecular complexity index is 555. The van der Waals surface area contributed by atoms with Crippen molar-refractivity contribution in [3.8, 4) is 0 Å². The summed E-state index contributed by atoms with van der Waals surface area (Å²) >= 11 is 0. The number of rotatable bonds is 4. The van der Waals surface area contributed by atoms with Gasteiger partial charge in [-0.25, -0.2) is 0 Å². The molecule has 6 heteroatoms. The normalized spacial score (nSPS) is 10.6. The molecule has 0 unspecified atom stereocenters. The molecule has 0 aliphatic rings. The Labute approximate surface area is 105 Å². The number of nitrogens with one attached hydrogen (secondary N) is 1. The van der Waals surface area contributed by atoms with Gasteiger partial charge in [-0.1, -0.05) is 0 Å². The number of amides is 1. The predicted molar refractivity (Wildman–Crippen MR) is 68.9 cm³/mol. The van der Waals surface area contributed by atoms with E-state index in [4.69, 9.17) is 5.73 Å². The number of carbonyl (C=O) groups excluding carboxylic acids is 1. The van der Waals surface area contributed by atoms with Crippen molar-refractivity contribution in [3.05, 3.63) is 35.9 Å². The Hall–Kier alpha value is -2.24. The molecule has 0 spiro atoms. The van der Waals surface area contributed by atoms with Crippen LogP contribution in [0.4, 0.5) is 5.69 Å². The number of anilines is 1. The van der Waals surface area contributed by atoms with Crippen LogP contribution in [-0.4, -0.2) is 20.3 Å². The maximum absolute atomic E-state index is 12.0. The summed E-state index contributed by atoms with van der Waals surface area (Å²) in [6.45, 7) is 3.14. The van der Waals surface area contributed by atoms with Gasteiger partial charge in [-0.2, -0.15) is 5.10 Å². The number of carbonyl (C=O) groups is 1. The fourth-order valence-electron chi connectivity index (χ4n) is 1.82. The third-order valence-electron chi connectivity index (χ3n) is 2.70. The monoisotopic (exact) mass is 247 g/mol. The highest BCUT2D eigenvalue weighted by atomic mass is 16.1. The molecule has 1 amide bonds. The molecular formula is C12H17N5O. The topological polar surface area (TPSA) is 77.9 Å². The number of hydrogen-bond acceptors (Lipinski definition) is 3. The minimum atomic E-state index is -0.127. The van der Waals surface area contributed by atoms with Crippen LogP contribution in [0, 0.1) is 0 Å². The van der Waals surface area contributed by atoms with E-state index in [1.165, 1.54) is 0 Å². The summed E-state index contributed by atoms with van der Waals surface area (Å²) < 4.78 is 3.53. The van der Waals surface area contributed by atoms with Gasteiger partial charge in [-0.05, 0) is 13.0 Å². The van der Waals surface area contributed by atoms with Crippen molar-refractivity contribution < 1.29 is 4.79 Å². The maximum Gasteiger partial charge on any atom is 0.268 e. The van der Waals surface area contributed by atoms with Gasteiger partial charge in [0.25, 0.3) is 5.91 Å². The van der Waals surface area contributed by atoms with Gasteiger partial charge < -0.3 is 15.6 Å². The van der Waals surface area contributed by atoms with Crippen LogP contribution in [-0.2, 0) is 20.1 Å². The molecule has 2 rings (SSSR count). The second-order valence-corrected chi connectivity index (χ2v) is 4.15. The quantitative estimate of drug-likeness (QED) is 0.837. The van der Waals surface area contributed by atoms with Gasteiger partial charge in [0.2, 0.25) is 0 Å². The standard InChI is InChI=1S/C12H17N5O/c1-3-17-8-10(13)4-11(17)12(18)14-5-9-6-15-16(2)7-9/h4,6-8H,3,5,13H2,1-2H3,(H,14,18). The molecule has 3 N–H and O–H groups in total. The highest BCUT2D eigenvalue weighted by Gasteiger charge is 2.11. The molecular weight excluding hydrogens is 230 g/mol. The second kappa shape index (κ2) is 4.95. The molecule has 0 atom stereocenters. The van der Waals surface area contributed by atoms with Gasteiger partial charge in [0, 0.05) is 38.1 Å². The van der Waals surface area contributed by atoms with Gasteiger partial charge >= 0.3 is 0 Å². The third-order valence-corrected chi connectivity index (χ3v) is 2.70. The van der Waals surface area contributed by atoms with Crippen LogP contribution in [0.3, 0.4) is 0 Å². The van der Waals surface area contributed by atoms with Crippen LogP contribution < -0.4 is 11.1 Å². The Balaban J connectivity index is 2.03. The molecule has 18 heavy (non-hydrogen) atoms. The molecule has 2 heterocycles. The Morgan fingerprint density at radius 3 is 2.89 bits per heavy atom. The molecule has 2 aromatic heterocycles. The number of hydrogen-bond donors (Lipinski definition) is 2. The van der Waals surface area contributed by atoms with E-state index in [1.54, 1.807) is 23.1 Å². The molecule has 0 aromatic carbocycles. The SMILES string of the molecule is CCn1cc(N)cc1C(=O)NCc1cnn(C)c1. The Morgan fingerprint density at radius 1 is 1.50 bits per heavy atom. The average molecular weight is 247 g/mol. The van der Waals surface area contributed by atoms with Gasteiger partial charge in [0.1, 0.15) is 5.69 Å². The lowest BCUT2D eigenvalue weighted by molar-refractivity contribution is 0.0942. The molecule has 0 fully saturated rings. The number of aryl methyl sites for hydroxylation is 2. The van der Waals surface area contributed by atoms with Crippen LogP contribution in [0.1, 0.15) is 23.0 Å². The van der Waals surface area contributed by atoms with Crippen molar-refractivity contribution in [2.45, 2.75) is 20.0 Å². The minimum absolute atomic E-state index is 0.127. The van der Waals surface area contributed by atoms with Crippen molar-refractivity contribution in [3.63, 3.8) is 0 Å². The summed E-state index contributed by atoms with van der Waals surface area (Å²) in [5, 5.41) is 6.89. The molecule has 0 saturated heterocycles. The molecule has 0 bridgehead atoms. The summed E-state index contributed by atoms with van der Waals surface area (Å²) in [7, 11) is 1.84. The zero-order valence-corrected chi connectivity index (χ0v) is 10.6. The van der Waals surface area contributed by atoms with Crippen molar-refractivity contribution in [1.29, 1.82) is 0 Å². The highest BCUT2D eigenvalue weighted by molar-refractivity contribution is 5.93. The first kappa shape index (κ1) is 12.2. The first-order chi connectivity index (χ1) is 8.60. The number of nitrogen functional groups attached to an aromatic ring is 1. The highest BCUT2D eigenvalue weighted by Crippen LogP contribution is 2.10. The lowest BCUT2D eigenvalue weighted by Gasteiger charge is -2.06. The molecule has 96 valence electrons. The zero-order chi connectivity index (χ0) is 13.1. The largest absolute Gasteiger partial charge is 0.397 e. The summed E-state index contributed by atoms with van der Waals surface area (Å²) in [6, 6.07) is 1.68. The van der Waals surface area contributed by atoms with Crippen molar-refractivity contribution in [1.82, 2.24) is 19.7 Å². The van der Waals surface area contributed by atoms with Crippen molar-refractivity contribution in [2.75, 3.05) is 5.73 Å². The van der Waals surface area contributed by atoms with E-state index in [0.717, 1.165) is 5.56 Å². The molecule has 6 nitrogen and oxygen atoms in total. The Morgan fingerprint density at radius 2 is 2.28 bits per heavy atom. The second-order valence-electron chi connectivity index (χ2n) is 4.15. The van der Waals surface area contributed by atoms with E-state index in [1.807, 2.05) is 24.7 Å². The smallest absolute Gasteiger partial charge is 0.268 e. The van der Waals surface area contributed by atoms with E-state index in [2.05, 4.69) is 10.4 Å². The molecule has 0 aliphatic heterocycles. The van der Waals surface area contributed by atoms with Crippen LogP contribution in [0.2, 0.25) is 0 Å². The van der Waals surface area contributed by atoms with E-state index in [-0.39, 0.29) is 5.91 Å². The molecule has 0 radical (unpaired) electrons. The van der Waals surface area contributed by atoms with Gasteiger partial charge in [-0.15, -0.1) is 0 Å². The third kappa shape index (κ3) is 2.53. The van der Waals surface area contributed by atoms with E-state index in [9.17, 15) is 4.79 Å². The summed E-state index contributed by atoms with van der Waals surface area (Å²) in [4.78, 5) is 12.0. The number of nitrogens with zero attached hydrogens (tertiary/aromatic N) is 3. The molecule has 2 aromatic rings. The average Bonchev–Trinajstić information content (AvgIpc) is 2.92. The maximum atomic E-state index is 12.0. The van der Waals surface area contributed by atoms with E-state index in [0.29, 0.717) is 24.5 Å². The first-order valence-electron chi connectivity index (χ1n) is 5.81. The summed E-state index contributed by atoms with van der Waals surface area (Å²) in [6.07, 6.45) is 5.36. The van der Waals surface area contributed by atoms with Gasteiger partial charge in [-0.3, -0.25) is 9.48 Å². The zero-order valence-electron chi connectivity index (χ0n) is 10.6. The first-order valence-corrected chi connectivity index (χ1v) is 5.81. The van der Waals surface area contributed by atoms with Crippen molar-refractivity contribution >= 4 is 11.6 Å². The lowest BCUT2D eigenvalue weighted by Crippen LogP contribution is -2.25. The molecule has 0 saturated carbocycles. The van der Waals surface area contributed by atoms with E-state index < -0.39 is 0 Å². The van der Waals surface area contributed by atoms with Crippen LogP contribution in [0.15, 0.2) is 24.7 Å². The molecule has 0 aliphatic carbocycles. The fraction of sp³-hybridized carbons (Fsp3) is 0.333. The van der Waals surface area contributed by atoms with Gasteiger partial charge in [0.15, 0.2) is 0 Å². The predicted octanol–water partition coefficient (Wildman–Crippen LogP) is 0.754. The van der Waals surface area contributed by atoms with E-state index >= 15 is 0 Å². The Kier molecular flexibility index (Phi) is 3.36. The number of aromatic nitrogens is 3. The van der Waals surface area contributed by atoms with Crippen LogP contribution in [0.25, 0.3) is 0 Å². The van der Waals surface area contributed by atoms with Crippen LogP contribution in [0.5, 0.6) is 0 Å². The lowest BCUT2D eigenvalue weighted by atomic mass is 10.3. The van der Waals surface area contributed by atoms with Gasteiger partial charge in [0.05, 0.1) is 11.9 Å². The fourth-order valence-corrected chi connectivity index (χ4v) is 1.82. The summed E-state index contributed by atoms with van der Waals surface area (Å²) in [5.74, 6) is -0.127. The number of nitrogens with two attached hydrogens (primary N) is 1. The summed E-state index contributed by atoms with van der Waals surface area (Å²) in [5.41, 5.74) is 7.84. The minimum Gasteiger partial charge on any atom is -0.397 e. The van der Waals surface area contributed by atoms with Crippen LogP contribution >= 0.6 is 0 Å².